The van der Waals surface area contributed by atoms with Crippen molar-refractivity contribution in [3.8, 4) is 28.5 Å². The van der Waals surface area contributed by atoms with Gasteiger partial charge in [-0.3, -0.25) is 4.79 Å². The summed E-state index contributed by atoms with van der Waals surface area (Å²) in [5.41, 5.74) is 9.24. The molecule has 43 heavy (non-hydrogen) atoms. The Balaban J connectivity index is 1.20. The highest BCUT2D eigenvalue weighted by Crippen LogP contribution is 2.37. The molecule has 0 spiro atoms. The summed E-state index contributed by atoms with van der Waals surface area (Å²) in [5, 5.41) is 8.65. The molecule has 0 radical (unpaired) electrons. The summed E-state index contributed by atoms with van der Waals surface area (Å²) in [6.07, 6.45) is 8.23. The fraction of sp³-hybridized carbons (Fsp3) is 0.290. The number of nitrogen functional groups attached to an aromatic ring is 1. The van der Waals surface area contributed by atoms with Crippen molar-refractivity contribution in [1.82, 2.24) is 35.0 Å². The third kappa shape index (κ3) is 6.37. The van der Waals surface area contributed by atoms with E-state index in [9.17, 15) is 9.18 Å². The van der Waals surface area contributed by atoms with Crippen molar-refractivity contribution in [3.05, 3.63) is 78.4 Å². The number of rotatable bonds is 8. The summed E-state index contributed by atoms with van der Waals surface area (Å²) in [4.78, 5) is 28.5. The lowest BCUT2D eigenvalue weighted by molar-refractivity contribution is -0.119. The van der Waals surface area contributed by atoms with Gasteiger partial charge >= 0.3 is 0 Å². The Morgan fingerprint density at radius 2 is 1.72 bits per heavy atom. The Bertz CT molecular complexity index is 1750. The van der Waals surface area contributed by atoms with Gasteiger partial charge in [0, 0.05) is 54.7 Å². The molecule has 1 amide bonds. The molecule has 0 bridgehead atoms. The largest absolute Gasteiger partial charge is 0.489 e. The highest BCUT2D eigenvalue weighted by Gasteiger charge is 2.27. The Kier molecular flexibility index (Phi) is 7.82. The fourth-order valence-electron chi connectivity index (χ4n) is 5.36. The maximum Gasteiger partial charge on any atom is 0.217 e. The average Bonchev–Trinajstić information content (AvgIpc) is 3.38. The summed E-state index contributed by atoms with van der Waals surface area (Å²) in [7, 11) is 0. The molecule has 0 aliphatic heterocycles. The van der Waals surface area contributed by atoms with Crippen LogP contribution in [0.5, 0.6) is 17.2 Å². The predicted octanol–water partition coefficient (Wildman–Crippen LogP) is 5.30. The van der Waals surface area contributed by atoms with Crippen LogP contribution in [-0.2, 0) is 11.4 Å². The first-order chi connectivity index (χ1) is 20.8. The van der Waals surface area contributed by atoms with E-state index in [1.165, 1.54) is 18.5 Å². The number of nitrogens with zero attached hydrogens (tertiary/aromatic N) is 6. The highest BCUT2D eigenvalue weighted by atomic mass is 19.1. The van der Waals surface area contributed by atoms with Gasteiger partial charge in [0.25, 0.3) is 0 Å². The highest BCUT2D eigenvalue weighted by molar-refractivity contribution is 5.98. The Hall–Kier alpha value is -5.13. The molecule has 5 aromatic rings. The van der Waals surface area contributed by atoms with E-state index in [1.807, 2.05) is 16.8 Å². The van der Waals surface area contributed by atoms with E-state index >= 15 is 0 Å². The summed E-state index contributed by atoms with van der Waals surface area (Å²) in [6, 6.07) is 11.8. The number of nitrogens with two attached hydrogens (primary N) is 1. The van der Waals surface area contributed by atoms with Gasteiger partial charge in [-0.25, -0.2) is 29.0 Å². The molecule has 2 aromatic carbocycles. The number of halogens is 1. The van der Waals surface area contributed by atoms with Crippen molar-refractivity contribution in [2.45, 2.75) is 58.2 Å². The zero-order chi connectivity index (χ0) is 29.9. The topological polar surface area (TPSA) is 143 Å². The molecule has 3 N–H and O–H groups in total. The number of hydrogen-bond donors (Lipinski definition) is 2. The normalized spacial score (nSPS) is 16.6. The van der Waals surface area contributed by atoms with Gasteiger partial charge in [0.1, 0.15) is 53.3 Å². The smallest absolute Gasteiger partial charge is 0.217 e. The van der Waals surface area contributed by atoms with E-state index in [-0.39, 0.29) is 24.6 Å². The number of carbonyl (C=O) groups excluding carboxylic acids is 1. The van der Waals surface area contributed by atoms with E-state index in [0.717, 1.165) is 36.8 Å². The van der Waals surface area contributed by atoms with Gasteiger partial charge in [-0.1, -0.05) is 0 Å². The molecule has 12 heteroatoms. The van der Waals surface area contributed by atoms with Crippen molar-refractivity contribution in [3.63, 3.8) is 0 Å². The number of benzene rings is 2. The summed E-state index contributed by atoms with van der Waals surface area (Å²) < 4.78 is 28.0. The van der Waals surface area contributed by atoms with Crippen molar-refractivity contribution in [1.29, 1.82) is 0 Å². The van der Waals surface area contributed by atoms with E-state index in [0.29, 0.717) is 45.6 Å². The lowest BCUT2D eigenvalue weighted by Crippen LogP contribution is -2.36. The monoisotopic (exact) mass is 582 g/mol. The number of nitrogens with one attached hydrogen (secondary N) is 1. The molecule has 3 aromatic heterocycles. The van der Waals surface area contributed by atoms with E-state index in [2.05, 4.69) is 25.3 Å². The van der Waals surface area contributed by atoms with Gasteiger partial charge < -0.3 is 20.5 Å². The van der Waals surface area contributed by atoms with Crippen molar-refractivity contribution >= 4 is 22.8 Å². The quantitative estimate of drug-likeness (QED) is 0.249. The van der Waals surface area contributed by atoms with Gasteiger partial charge in [0.2, 0.25) is 5.91 Å². The van der Waals surface area contributed by atoms with Crippen LogP contribution in [0.25, 0.3) is 22.3 Å². The van der Waals surface area contributed by atoms with Gasteiger partial charge in [0.15, 0.2) is 5.65 Å². The van der Waals surface area contributed by atoms with Crippen LogP contribution in [0.2, 0.25) is 0 Å². The molecule has 0 saturated heterocycles. The van der Waals surface area contributed by atoms with E-state index in [1.54, 1.807) is 44.4 Å². The maximum absolute atomic E-state index is 14.4. The van der Waals surface area contributed by atoms with Gasteiger partial charge in [0.05, 0.1) is 11.4 Å². The molecule has 11 nitrogen and oxygen atoms in total. The minimum absolute atomic E-state index is 0.0111. The molecule has 1 aliphatic carbocycles. The number of fused-ring (bicyclic) bond motifs is 1. The first-order valence-corrected chi connectivity index (χ1v) is 14.1. The van der Waals surface area contributed by atoms with Gasteiger partial charge in [-0.15, -0.1) is 0 Å². The molecule has 1 saturated carbocycles. The average molecular weight is 583 g/mol. The number of ether oxygens (including phenoxy) is 2. The summed E-state index contributed by atoms with van der Waals surface area (Å²) in [6.45, 7) is 3.54. The molecular formula is C31H31FN8O3. The first kappa shape index (κ1) is 28.0. The second-order valence-corrected chi connectivity index (χ2v) is 10.6. The van der Waals surface area contributed by atoms with Crippen LogP contribution in [0, 0.1) is 12.7 Å². The van der Waals surface area contributed by atoms with Crippen LogP contribution in [0.4, 0.5) is 10.2 Å². The second kappa shape index (κ2) is 12.0. The fourth-order valence-corrected chi connectivity index (χ4v) is 5.36. The van der Waals surface area contributed by atoms with Gasteiger partial charge in [-0.2, -0.15) is 5.10 Å². The van der Waals surface area contributed by atoms with E-state index in [4.69, 9.17) is 20.3 Å². The zero-order valence-corrected chi connectivity index (χ0v) is 23.8. The number of hydrogen-bond acceptors (Lipinski definition) is 9. The number of aryl methyl sites for hydroxylation is 1. The van der Waals surface area contributed by atoms with Crippen LogP contribution in [0.1, 0.15) is 50.0 Å². The summed E-state index contributed by atoms with van der Waals surface area (Å²) in [5.74, 6) is 1.65. The third-order valence-corrected chi connectivity index (χ3v) is 7.42. The number of anilines is 1. The molecule has 1 aliphatic rings. The van der Waals surface area contributed by atoms with Crippen LogP contribution in [0.15, 0.2) is 61.2 Å². The Morgan fingerprint density at radius 3 is 2.44 bits per heavy atom. The van der Waals surface area contributed by atoms with Crippen LogP contribution in [0.3, 0.4) is 0 Å². The first-order valence-electron chi connectivity index (χ1n) is 14.1. The van der Waals surface area contributed by atoms with E-state index < -0.39 is 5.82 Å². The molecule has 0 unspecified atom stereocenters. The molecule has 220 valence electrons. The third-order valence-electron chi connectivity index (χ3n) is 7.42. The van der Waals surface area contributed by atoms with Crippen molar-refractivity contribution < 1.29 is 18.7 Å². The number of aromatic nitrogens is 6. The molecule has 1 fully saturated rings. The van der Waals surface area contributed by atoms with Crippen molar-refractivity contribution in [2.24, 2.45) is 0 Å². The molecule has 0 atom stereocenters. The van der Waals surface area contributed by atoms with Crippen LogP contribution < -0.4 is 20.5 Å². The molecule has 6 rings (SSSR count). The van der Waals surface area contributed by atoms with Crippen LogP contribution in [-0.4, -0.2) is 41.7 Å². The minimum Gasteiger partial charge on any atom is -0.489 e. The maximum atomic E-state index is 14.4. The zero-order valence-electron chi connectivity index (χ0n) is 23.8. The molecule has 3 heterocycles. The lowest BCUT2D eigenvalue weighted by atomic mass is 9.91. The second-order valence-electron chi connectivity index (χ2n) is 10.6. The Morgan fingerprint density at radius 1 is 1.00 bits per heavy atom. The number of carbonyl (C=O) groups is 1. The Labute approximate surface area is 247 Å². The van der Waals surface area contributed by atoms with Crippen molar-refractivity contribution in [2.75, 3.05) is 5.73 Å². The number of amides is 1. The summed E-state index contributed by atoms with van der Waals surface area (Å²) >= 11 is 0. The minimum atomic E-state index is -0.483. The predicted molar refractivity (Wildman–Crippen MR) is 158 cm³/mol. The lowest BCUT2D eigenvalue weighted by Gasteiger charge is -2.29. The SMILES string of the molecule is CC(=O)N[C@H]1CC[C@@H](n2nc(-c3ccc(Oc4cc(F)cc(OCc5cnc(C)nc5)c4)cc3)c3c(N)ncnc32)CC1. The molecular weight excluding hydrogens is 551 g/mol. The van der Waals surface area contributed by atoms with Gasteiger partial charge in [-0.05, 0) is 56.9 Å². The standard InChI is InChI=1S/C31H31FN8O3/c1-18-34-14-20(15-35-18)16-42-26-11-22(32)12-27(13-26)43-25-9-3-21(4-10-25)29-28-30(33)36-17-37-31(28)40(39-29)24-7-5-23(6-8-24)38-19(2)41/h3-4,9-15,17,23-24H,5-8,16H2,1-2H3,(H,38,41)(H2,33,36,37)/t23-,24+. The van der Waals surface area contributed by atoms with Crippen LogP contribution >= 0.6 is 0 Å².